The van der Waals surface area contributed by atoms with Crippen molar-refractivity contribution < 1.29 is 0 Å². The largest absolute Gasteiger partial charge is 0.309 e. The van der Waals surface area contributed by atoms with Crippen molar-refractivity contribution in [2.45, 2.75) is 0 Å². The molecule has 0 aliphatic rings. The van der Waals surface area contributed by atoms with Gasteiger partial charge in [0.15, 0.2) is 0 Å². The van der Waals surface area contributed by atoms with Gasteiger partial charge in [0.2, 0.25) is 5.95 Å². The molecule has 4 aromatic heterocycles. The minimum Gasteiger partial charge on any atom is -0.309 e. The van der Waals surface area contributed by atoms with Crippen LogP contribution in [-0.2, 0) is 0 Å². The average molecular weight is 778 g/mol. The Labute approximate surface area is 350 Å². The molecule has 0 aliphatic heterocycles. The summed E-state index contributed by atoms with van der Waals surface area (Å²) in [4.78, 5) is 10.8. The molecule has 0 aliphatic carbocycles. The molecule has 284 valence electrons. The van der Waals surface area contributed by atoms with Crippen LogP contribution in [0.4, 0.5) is 0 Å². The Morgan fingerprint density at radius 3 is 1.34 bits per heavy atom. The Morgan fingerprint density at radius 1 is 0.262 bits per heavy atom. The first-order chi connectivity index (χ1) is 30.3. The summed E-state index contributed by atoms with van der Waals surface area (Å²) in [7, 11) is 0. The molecule has 0 bridgehead atoms. The zero-order valence-corrected chi connectivity index (χ0v) is 32.9. The van der Waals surface area contributed by atoms with E-state index in [0.29, 0.717) is 5.95 Å². The Kier molecular flexibility index (Phi) is 7.24. The Bertz CT molecular complexity index is 3860. The van der Waals surface area contributed by atoms with Gasteiger partial charge in [-0.05, 0) is 90.0 Å². The molecule has 13 aromatic rings. The number of para-hydroxylation sites is 5. The summed E-state index contributed by atoms with van der Waals surface area (Å²) in [5.74, 6) is 0.641. The van der Waals surface area contributed by atoms with Crippen LogP contribution >= 0.6 is 0 Å². The van der Waals surface area contributed by atoms with Crippen LogP contribution in [0.15, 0.2) is 212 Å². The van der Waals surface area contributed by atoms with Gasteiger partial charge < -0.3 is 9.13 Å². The molecule has 0 saturated carbocycles. The van der Waals surface area contributed by atoms with Crippen molar-refractivity contribution >= 4 is 76.3 Å². The lowest BCUT2D eigenvalue weighted by Crippen LogP contribution is -2.03. The van der Waals surface area contributed by atoms with E-state index in [1.807, 2.05) is 0 Å². The number of aromatic nitrogens is 5. The molecule has 0 saturated heterocycles. The minimum atomic E-state index is 0.641. The molecule has 0 spiro atoms. The predicted molar refractivity (Wildman–Crippen MR) is 253 cm³/mol. The van der Waals surface area contributed by atoms with Crippen LogP contribution in [-0.4, -0.2) is 23.7 Å². The Hall–Kier alpha value is -8.28. The van der Waals surface area contributed by atoms with Crippen LogP contribution in [0.1, 0.15) is 0 Å². The maximum atomic E-state index is 5.43. The Balaban J connectivity index is 1.11. The van der Waals surface area contributed by atoms with E-state index in [-0.39, 0.29) is 0 Å². The van der Waals surface area contributed by atoms with Gasteiger partial charge in [0.05, 0.1) is 44.3 Å². The molecule has 5 heteroatoms. The molecule has 5 nitrogen and oxygen atoms in total. The van der Waals surface area contributed by atoms with Crippen molar-refractivity contribution in [2.24, 2.45) is 0 Å². The average Bonchev–Trinajstić information content (AvgIpc) is 3.96. The molecular formula is C56H35N5. The zero-order valence-electron chi connectivity index (χ0n) is 32.9. The second-order valence-electron chi connectivity index (χ2n) is 15.8. The van der Waals surface area contributed by atoms with Crippen LogP contribution in [0.3, 0.4) is 0 Å². The topological polar surface area (TPSA) is 40.6 Å². The van der Waals surface area contributed by atoms with Gasteiger partial charge in [0.1, 0.15) is 0 Å². The highest BCUT2D eigenvalue weighted by molar-refractivity contribution is 6.20. The van der Waals surface area contributed by atoms with E-state index in [4.69, 9.17) is 9.97 Å². The first-order valence-corrected chi connectivity index (χ1v) is 20.8. The van der Waals surface area contributed by atoms with Crippen molar-refractivity contribution in [3.63, 3.8) is 0 Å². The summed E-state index contributed by atoms with van der Waals surface area (Å²) in [6.07, 6.45) is 0. The van der Waals surface area contributed by atoms with E-state index in [9.17, 15) is 0 Å². The van der Waals surface area contributed by atoms with Crippen molar-refractivity contribution in [3.05, 3.63) is 212 Å². The lowest BCUT2D eigenvalue weighted by molar-refractivity contribution is 1.01. The van der Waals surface area contributed by atoms with Gasteiger partial charge >= 0.3 is 0 Å². The number of hydrogen-bond donors (Lipinski definition) is 0. The van der Waals surface area contributed by atoms with Gasteiger partial charge in [0.25, 0.3) is 0 Å². The van der Waals surface area contributed by atoms with E-state index >= 15 is 0 Å². The smallest absolute Gasteiger partial charge is 0.235 e. The first kappa shape index (κ1) is 33.7. The van der Waals surface area contributed by atoms with E-state index in [0.717, 1.165) is 66.4 Å². The Morgan fingerprint density at radius 2 is 0.705 bits per heavy atom. The van der Waals surface area contributed by atoms with Crippen LogP contribution in [0.2, 0.25) is 0 Å². The first-order valence-electron chi connectivity index (χ1n) is 20.8. The quantitative estimate of drug-likeness (QED) is 0.175. The maximum Gasteiger partial charge on any atom is 0.235 e. The third kappa shape index (κ3) is 5.08. The fourth-order valence-corrected chi connectivity index (χ4v) is 9.72. The van der Waals surface area contributed by atoms with E-state index in [1.54, 1.807) is 0 Å². The lowest BCUT2D eigenvalue weighted by Gasteiger charge is -2.12. The lowest BCUT2D eigenvalue weighted by atomic mass is 10.00. The van der Waals surface area contributed by atoms with Gasteiger partial charge in [-0.1, -0.05) is 133 Å². The summed E-state index contributed by atoms with van der Waals surface area (Å²) in [6, 6.07) is 76.1. The van der Waals surface area contributed by atoms with Crippen molar-refractivity contribution in [3.8, 4) is 39.7 Å². The van der Waals surface area contributed by atoms with Crippen LogP contribution in [0, 0.1) is 0 Å². The van der Waals surface area contributed by atoms with E-state index in [2.05, 4.69) is 226 Å². The molecule has 13 rings (SSSR count). The SMILES string of the molecule is c1ccc(-c2nc(-n3c4ccc(-c5ccc6c(c5)c5ccccc5n6-c5ccccc5)cc4c4cc5c6ccccc6n(-c6ccccc6)c5cc43)nc3ccccc23)cc1. The second kappa shape index (κ2) is 13.1. The summed E-state index contributed by atoms with van der Waals surface area (Å²) in [5, 5.41) is 8.21. The minimum absolute atomic E-state index is 0.641. The molecule has 4 heterocycles. The number of hydrogen-bond acceptors (Lipinski definition) is 2. The molecule has 9 aromatic carbocycles. The van der Waals surface area contributed by atoms with Crippen molar-refractivity contribution in [1.29, 1.82) is 0 Å². The normalized spacial score (nSPS) is 11.9. The molecule has 0 amide bonds. The van der Waals surface area contributed by atoms with Crippen LogP contribution < -0.4 is 0 Å². The summed E-state index contributed by atoms with van der Waals surface area (Å²) < 4.78 is 7.03. The van der Waals surface area contributed by atoms with E-state index in [1.165, 1.54) is 43.7 Å². The van der Waals surface area contributed by atoms with Crippen LogP contribution in [0.25, 0.3) is 116 Å². The molecule has 0 unspecified atom stereocenters. The molecule has 61 heavy (non-hydrogen) atoms. The number of rotatable bonds is 5. The van der Waals surface area contributed by atoms with E-state index < -0.39 is 0 Å². The predicted octanol–water partition coefficient (Wildman–Crippen LogP) is 14.3. The molecule has 0 atom stereocenters. The fraction of sp³-hybridized carbons (Fsp3) is 0. The standard InChI is InChI=1S/C56H35N5/c1-4-16-36(17-5-1)55-43-24-10-13-25-48(43)57-56(58-55)61-52-31-29-38(37-28-30-51-44(32-37)41-22-11-14-26-49(41)59(51)39-18-6-2-7-19-39)33-45(52)47-34-46-42-23-12-15-27-50(42)60(53(46)35-54(47)61)40-20-8-3-9-21-40/h1-35H. The molecular weight excluding hydrogens is 743 g/mol. The monoisotopic (exact) mass is 777 g/mol. The zero-order chi connectivity index (χ0) is 40.0. The summed E-state index contributed by atoms with van der Waals surface area (Å²) in [6.45, 7) is 0. The van der Waals surface area contributed by atoms with Gasteiger partial charge in [-0.3, -0.25) is 4.57 Å². The van der Waals surface area contributed by atoms with Crippen molar-refractivity contribution in [2.75, 3.05) is 0 Å². The highest BCUT2D eigenvalue weighted by Crippen LogP contribution is 2.42. The molecule has 0 N–H and O–H groups in total. The number of benzene rings is 9. The third-order valence-corrected chi connectivity index (χ3v) is 12.4. The molecule has 0 fully saturated rings. The summed E-state index contributed by atoms with van der Waals surface area (Å²) in [5.41, 5.74) is 14.3. The highest BCUT2D eigenvalue weighted by Gasteiger charge is 2.22. The maximum absolute atomic E-state index is 5.43. The van der Waals surface area contributed by atoms with Crippen molar-refractivity contribution in [1.82, 2.24) is 23.7 Å². The summed E-state index contributed by atoms with van der Waals surface area (Å²) >= 11 is 0. The number of nitrogens with zero attached hydrogens (tertiary/aromatic N) is 5. The van der Waals surface area contributed by atoms with Gasteiger partial charge in [-0.15, -0.1) is 0 Å². The highest BCUT2D eigenvalue weighted by atomic mass is 15.2. The fourth-order valence-electron chi connectivity index (χ4n) is 9.72. The van der Waals surface area contributed by atoms with Gasteiger partial charge in [-0.2, -0.15) is 0 Å². The third-order valence-electron chi connectivity index (χ3n) is 12.4. The van der Waals surface area contributed by atoms with Gasteiger partial charge in [-0.25, -0.2) is 9.97 Å². The number of fused-ring (bicyclic) bond motifs is 10. The molecule has 0 radical (unpaired) electrons. The van der Waals surface area contributed by atoms with Crippen LogP contribution in [0.5, 0.6) is 0 Å². The second-order valence-corrected chi connectivity index (χ2v) is 15.8. The van der Waals surface area contributed by atoms with Gasteiger partial charge in [0, 0.05) is 54.6 Å².